The van der Waals surface area contributed by atoms with E-state index in [1.807, 2.05) is 12.1 Å². The molecule has 0 unspecified atom stereocenters. The van der Waals surface area contributed by atoms with Crippen molar-refractivity contribution in [2.75, 3.05) is 50.6 Å². The number of urea groups is 1. The van der Waals surface area contributed by atoms with Gasteiger partial charge in [-0.1, -0.05) is 23.8 Å². The van der Waals surface area contributed by atoms with Gasteiger partial charge < -0.3 is 24.6 Å². The Balaban J connectivity index is 1.36. The van der Waals surface area contributed by atoms with Crippen molar-refractivity contribution in [2.24, 2.45) is 0 Å². The molecule has 2 heterocycles. The first-order valence-electron chi connectivity index (χ1n) is 10.9. The molecule has 0 radical (unpaired) electrons. The van der Waals surface area contributed by atoms with Gasteiger partial charge in [0.25, 0.3) is 0 Å². The van der Waals surface area contributed by atoms with Crippen molar-refractivity contribution >= 4 is 17.5 Å². The molecule has 0 saturated carbocycles. The number of nitrogens with one attached hydrogen (secondary N) is 1. The molecule has 1 aliphatic rings. The number of rotatable bonds is 5. The first-order chi connectivity index (χ1) is 16.0. The first-order valence-corrected chi connectivity index (χ1v) is 10.9. The Morgan fingerprint density at radius 2 is 1.70 bits per heavy atom. The molecule has 4 rings (SSSR count). The van der Waals surface area contributed by atoms with Crippen LogP contribution >= 0.6 is 0 Å². The van der Waals surface area contributed by atoms with Crippen LogP contribution in [0.1, 0.15) is 11.1 Å². The van der Waals surface area contributed by atoms with Crippen molar-refractivity contribution in [2.45, 2.75) is 13.8 Å². The molecule has 3 aromatic rings. The molecule has 1 aromatic heterocycles. The number of ether oxygens (including phenoxy) is 2. The van der Waals surface area contributed by atoms with Gasteiger partial charge in [-0.25, -0.2) is 4.79 Å². The average Bonchev–Trinajstić information content (AvgIpc) is 2.84. The summed E-state index contributed by atoms with van der Waals surface area (Å²) in [6, 6.07) is 15.5. The fourth-order valence-electron chi connectivity index (χ4n) is 3.97. The zero-order valence-electron chi connectivity index (χ0n) is 19.5. The first kappa shape index (κ1) is 22.4. The monoisotopic (exact) mass is 447 g/mol. The van der Waals surface area contributed by atoms with Gasteiger partial charge in [-0.05, 0) is 43.7 Å². The van der Waals surface area contributed by atoms with Crippen molar-refractivity contribution in [3.05, 3.63) is 59.7 Å². The maximum absolute atomic E-state index is 12.8. The number of carbonyl (C=O) groups is 1. The Morgan fingerprint density at radius 1 is 0.909 bits per heavy atom. The third-order valence-corrected chi connectivity index (χ3v) is 5.85. The highest BCUT2D eigenvalue weighted by Gasteiger charge is 2.23. The number of amides is 2. The fourth-order valence-corrected chi connectivity index (χ4v) is 3.97. The predicted octanol–water partition coefficient (Wildman–Crippen LogP) is 4.13. The molecule has 33 heavy (non-hydrogen) atoms. The van der Waals surface area contributed by atoms with Crippen LogP contribution in [0.5, 0.6) is 11.5 Å². The molecule has 0 bridgehead atoms. The maximum Gasteiger partial charge on any atom is 0.322 e. The summed E-state index contributed by atoms with van der Waals surface area (Å²) in [5, 5.41) is 11.8. The third kappa shape index (κ3) is 5.00. The van der Waals surface area contributed by atoms with Crippen LogP contribution in [0.3, 0.4) is 0 Å². The molecule has 1 saturated heterocycles. The van der Waals surface area contributed by atoms with Gasteiger partial charge in [0.2, 0.25) is 0 Å². The summed E-state index contributed by atoms with van der Waals surface area (Å²) in [4.78, 5) is 16.7. The van der Waals surface area contributed by atoms with E-state index in [-0.39, 0.29) is 6.03 Å². The normalized spacial score (nSPS) is 13.6. The predicted molar refractivity (Wildman–Crippen MR) is 129 cm³/mol. The molecule has 0 aliphatic carbocycles. The molecule has 0 atom stereocenters. The lowest BCUT2D eigenvalue weighted by Crippen LogP contribution is -2.50. The second-order valence-electron chi connectivity index (χ2n) is 8.07. The number of piperazine rings is 1. The van der Waals surface area contributed by atoms with Crippen LogP contribution < -0.4 is 19.7 Å². The minimum absolute atomic E-state index is 0.158. The van der Waals surface area contributed by atoms with E-state index < -0.39 is 0 Å². The number of aryl methyl sites for hydroxylation is 2. The van der Waals surface area contributed by atoms with Gasteiger partial charge in [-0.15, -0.1) is 10.2 Å². The fraction of sp³-hybridized carbons (Fsp3) is 0.320. The largest absolute Gasteiger partial charge is 0.497 e. The Morgan fingerprint density at radius 3 is 2.33 bits per heavy atom. The summed E-state index contributed by atoms with van der Waals surface area (Å²) in [6.45, 7) is 6.72. The van der Waals surface area contributed by atoms with Crippen molar-refractivity contribution in [3.8, 4) is 22.8 Å². The zero-order valence-corrected chi connectivity index (χ0v) is 19.5. The van der Waals surface area contributed by atoms with E-state index in [1.54, 1.807) is 37.3 Å². The maximum atomic E-state index is 12.8. The van der Waals surface area contributed by atoms with Crippen LogP contribution in [-0.4, -0.2) is 61.5 Å². The molecular weight excluding hydrogens is 418 g/mol. The SMILES string of the molecule is COc1ccc(NC(=O)N2CCN(c3ccc(-c4ccc(C)cc4C)nn3)CC2)c(OC)c1. The van der Waals surface area contributed by atoms with Gasteiger partial charge >= 0.3 is 6.03 Å². The summed E-state index contributed by atoms with van der Waals surface area (Å²) < 4.78 is 10.6. The standard InChI is InChI=1S/C25H29N5O3/c1-17-5-7-20(18(2)15-17)21-9-10-24(28-27-21)29-11-13-30(14-12-29)25(31)26-22-8-6-19(32-3)16-23(22)33-4/h5-10,15-16H,11-14H2,1-4H3,(H,26,31). The second-order valence-corrected chi connectivity index (χ2v) is 8.07. The summed E-state index contributed by atoms with van der Waals surface area (Å²) in [5.74, 6) is 2.05. The molecule has 1 N–H and O–H groups in total. The van der Waals surface area contributed by atoms with Crippen molar-refractivity contribution in [1.29, 1.82) is 0 Å². The lowest BCUT2D eigenvalue weighted by molar-refractivity contribution is 0.208. The summed E-state index contributed by atoms with van der Waals surface area (Å²) in [7, 11) is 3.16. The minimum Gasteiger partial charge on any atom is -0.497 e. The van der Waals surface area contributed by atoms with E-state index in [1.165, 1.54) is 11.1 Å². The number of hydrogen-bond acceptors (Lipinski definition) is 6. The van der Waals surface area contributed by atoms with E-state index in [0.717, 1.165) is 17.1 Å². The Bertz CT molecular complexity index is 1130. The molecule has 2 amide bonds. The van der Waals surface area contributed by atoms with Gasteiger partial charge in [-0.3, -0.25) is 0 Å². The second kappa shape index (κ2) is 9.77. The van der Waals surface area contributed by atoms with E-state index in [2.05, 4.69) is 52.5 Å². The van der Waals surface area contributed by atoms with Gasteiger partial charge in [-0.2, -0.15) is 0 Å². The highest BCUT2D eigenvalue weighted by molar-refractivity contribution is 5.91. The Labute approximate surface area is 194 Å². The topological polar surface area (TPSA) is 79.8 Å². The van der Waals surface area contributed by atoms with Crippen molar-refractivity contribution < 1.29 is 14.3 Å². The van der Waals surface area contributed by atoms with Crippen LogP contribution in [0.4, 0.5) is 16.3 Å². The van der Waals surface area contributed by atoms with Crippen LogP contribution in [0.25, 0.3) is 11.3 Å². The minimum atomic E-state index is -0.158. The Kier molecular flexibility index (Phi) is 6.63. The van der Waals surface area contributed by atoms with Gasteiger partial charge in [0.15, 0.2) is 5.82 Å². The van der Waals surface area contributed by atoms with Crippen LogP contribution in [0.15, 0.2) is 48.5 Å². The molecule has 172 valence electrons. The number of carbonyl (C=O) groups excluding carboxylic acids is 1. The third-order valence-electron chi connectivity index (χ3n) is 5.85. The highest BCUT2D eigenvalue weighted by Crippen LogP contribution is 2.29. The quantitative estimate of drug-likeness (QED) is 0.634. The number of methoxy groups -OCH3 is 2. The van der Waals surface area contributed by atoms with Crippen molar-refractivity contribution in [3.63, 3.8) is 0 Å². The van der Waals surface area contributed by atoms with Gasteiger partial charge in [0.05, 0.1) is 25.6 Å². The number of anilines is 2. The summed E-state index contributed by atoms with van der Waals surface area (Å²) in [6.07, 6.45) is 0. The van der Waals surface area contributed by atoms with Crippen LogP contribution in [0.2, 0.25) is 0 Å². The zero-order chi connectivity index (χ0) is 23.4. The smallest absolute Gasteiger partial charge is 0.322 e. The van der Waals surface area contributed by atoms with Crippen molar-refractivity contribution in [1.82, 2.24) is 15.1 Å². The number of benzene rings is 2. The van der Waals surface area contributed by atoms with E-state index in [4.69, 9.17) is 9.47 Å². The molecule has 0 spiro atoms. The average molecular weight is 448 g/mol. The van der Waals surface area contributed by atoms with E-state index in [9.17, 15) is 4.79 Å². The highest BCUT2D eigenvalue weighted by atomic mass is 16.5. The molecule has 8 heteroatoms. The lowest BCUT2D eigenvalue weighted by atomic mass is 10.0. The Hall–Kier alpha value is -3.81. The molecular formula is C25H29N5O3. The van der Waals surface area contributed by atoms with E-state index in [0.29, 0.717) is 43.4 Å². The van der Waals surface area contributed by atoms with Crippen LogP contribution in [0, 0.1) is 13.8 Å². The number of nitrogens with zero attached hydrogens (tertiary/aromatic N) is 4. The van der Waals surface area contributed by atoms with E-state index >= 15 is 0 Å². The molecule has 1 fully saturated rings. The summed E-state index contributed by atoms with van der Waals surface area (Å²) >= 11 is 0. The molecule has 2 aromatic carbocycles. The summed E-state index contributed by atoms with van der Waals surface area (Å²) in [5.41, 5.74) is 4.98. The lowest BCUT2D eigenvalue weighted by Gasteiger charge is -2.35. The van der Waals surface area contributed by atoms with Crippen LogP contribution in [-0.2, 0) is 0 Å². The molecule has 8 nitrogen and oxygen atoms in total. The number of hydrogen-bond donors (Lipinski definition) is 1. The van der Waals surface area contributed by atoms with Gasteiger partial charge in [0, 0.05) is 37.8 Å². The van der Waals surface area contributed by atoms with Gasteiger partial charge in [0.1, 0.15) is 11.5 Å². The molecule has 1 aliphatic heterocycles. The number of aromatic nitrogens is 2.